The van der Waals surface area contributed by atoms with Crippen molar-refractivity contribution in [2.75, 3.05) is 12.3 Å². The zero-order chi connectivity index (χ0) is 18.9. The van der Waals surface area contributed by atoms with Crippen LogP contribution in [0.15, 0.2) is 23.8 Å². The van der Waals surface area contributed by atoms with Gasteiger partial charge >= 0.3 is 6.18 Å². The molecule has 0 bridgehead atoms. The van der Waals surface area contributed by atoms with Gasteiger partial charge in [-0.2, -0.15) is 13.2 Å². The summed E-state index contributed by atoms with van der Waals surface area (Å²) in [6.45, 7) is 0.366. The van der Waals surface area contributed by atoms with E-state index in [0.29, 0.717) is 18.5 Å². The number of rotatable bonds is 3. The first-order chi connectivity index (χ1) is 12.2. The first-order valence-corrected chi connectivity index (χ1v) is 9.29. The molecule has 1 aromatic carbocycles. The van der Waals surface area contributed by atoms with Crippen molar-refractivity contribution in [1.82, 2.24) is 4.90 Å². The minimum Gasteiger partial charge on any atom is -0.507 e. The summed E-state index contributed by atoms with van der Waals surface area (Å²) in [5.74, 6) is -0.655. The van der Waals surface area contributed by atoms with Gasteiger partial charge in [0, 0.05) is 6.54 Å². The molecule has 1 unspecified atom stereocenters. The van der Waals surface area contributed by atoms with E-state index in [0.717, 1.165) is 48.7 Å². The largest absolute Gasteiger partial charge is 0.507 e. The lowest BCUT2D eigenvalue weighted by molar-refractivity contribution is -0.138. The van der Waals surface area contributed by atoms with Crippen molar-refractivity contribution in [3.8, 4) is 5.75 Å². The summed E-state index contributed by atoms with van der Waals surface area (Å²) in [5, 5.41) is 9.19. The van der Waals surface area contributed by atoms with Crippen molar-refractivity contribution in [2.45, 2.75) is 31.9 Å². The van der Waals surface area contributed by atoms with Crippen LogP contribution in [0.5, 0.6) is 5.75 Å². The van der Waals surface area contributed by atoms with Crippen molar-refractivity contribution < 1.29 is 27.9 Å². The molecule has 2 fully saturated rings. The Morgan fingerprint density at radius 2 is 2.08 bits per heavy atom. The second-order valence-corrected chi connectivity index (χ2v) is 7.52. The average Bonchev–Trinajstić information content (AvgIpc) is 2.88. The van der Waals surface area contributed by atoms with E-state index >= 15 is 0 Å². The van der Waals surface area contributed by atoms with Crippen molar-refractivity contribution in [2.24, 2.45) is 5.92 Å². The Bertz CT molecular complexity index is 745. The van der Waals surface area contributed by atoms with Gasteiger partial charge in [-0.25, -0.2) is 0 Å². The molecule has 1 aliphatic heterocycles. The number of carbonyl (C=O) groups is 2. The van der Waals surface area contributed by atoms with E-state index in [1.807, 2.05) is 0 Å². The van der Waals surface area contributed by atoms with Crippen LogP contribution in [0.1, 0.15) is 36.8 Å². The third kappa shape index (κ3) is 4.23. The SMILES string of the molecule is O=C1CSC(=O)N1CC1CCC/C(=C\c2ccc(O)c(C(F)(F)F)c2)C1. The van der Waals surface area contributed by atoms with E-state index in [4.69, 9.17) is 0 Å². The number of hydrogen-bond donors (Lipinski definition) is 1. The van der Waals surface area contributed by atoms with Gasteiger partial charge in [0.1, 0.15) is 5.75 Å². The molecule has 0 aromatic heterocycles. The fraction of sp³-hybridized carbons (Fsp3) is 0.444. The van der Waals surface area contributed by atoms with Crippen LogP contribution in [0.25, 0.3) is 6.08 Å². The predicted octanol–water partition coefficient (Wildman–Crippen LogP) is 4.68. The number of thioether (sulfide) groups is 1. The number of hydrogen-bond acceptors (Lipinski definition) is 4. The Hall–Kier alpha value is -1.96. The van der Waals surface area contributed by atoms with Crippen molar-refractivity contribution in [3.05, 3.63) is 34.9 Å². The van der Waals surface area contributed by atoms with Crippen LogP contribution in [-0.4, -0.2) is 33.5 Å². The van der Waals surface area contributed by atoms with Crippen LogP contribution in [0, 0.1) is 5.92 Å². The van der Waals surface area contributed by atoms with Crippen LogP contribution < -0.4 is 0 Å². The molecule has 0 radical (unpaired) electrons. The summed E-state index contributed by atoms with van der Waals surface area (Å²) in [7, 11) is 0. The van der Waals surface area contributed by atoms with E-state index < -0.39 is 17.5 Å². The molecule has 2 amide bonds. The maximum absolute atomic E-state index is 12.9. The van der Waals surface area contributed by atoms with Crippen molar-refractivity contribution in [1.29, 1.82) is 0 Å². The lowest BCUT2D eigenvalue weighted by atomic mass is 9.84. The van der Waals surface area contributed by atoms with E-state index in [9.17, 15) is 27.9 Å². The molecule has 26 heavy (non-hydrogen) atoms. The molecular formula is C18H18F3NO3S. The van der Waals surface area contributed by atoms with Crippen molar-refractivity contribution >= 4 is 29.0 Å². The number of imide groups is 1. The standard InChI is InChI=1S/C18H18F3NO3S/c19-18(20,21)14-8-12(4-5-15(14)23)6-11-2-1-3-13(7-11)9-22-16(24)10-26-17(22)25/h4-6,8,13,23H,1-3,7,9-10H2/b11-6+. The van der Waals surface area contributed by atoms with Gasteiger partial charge in [0.05, 0.1) is 11.3 Å². The van der Waals surface area contributed by atoms with Gasteiger partial charge in [-0.1, -0.05) is 29.5 Å². The summed E-state index contributed by atoms with van der Waals surface area (Å²) >= 11 is 1.00. The van der Waals surface area contributed by atoms with Crippen LogP contribution in [-0.2, 0) is 11.0 Å². The van der Waals surface area contributed by atoms with Gasteiger partial charge in [0.15, 0.2) is 0 Å². The molecule has 1 saturated carbocycles. The predicted molar refractivity (Wildman–Crippen MR) is 92.6 cm³/mol. The van der Waals surface area contributed by atoms with E-state index in [1.165, 1.54) is 11.0 Å². The molecular weight excluding hydrogens is 367 g/mol. The fourth-order valence-corrected chi connectivity index (χ4v) is 4.14. The quantitative estimate of drug-likeness (QED) is 0.821. The molecule has 1 heterocycles. The molecule has 0 spiro atoms. The molecule has 1 aliphatic carbocycles. The van der Waals surface area contributed by atoms with E-state index in [1.54, 1.807) is 6.08 Å². The number of phenolic OH excluding ortho intramolecular Hbond substituents is 1. The third-order valence-corrected chi connectivity index (χ3v) is 5.50. The molecule has 2 aliphatic rings. The molecule has 3 rings (SSSR count). The van der Waals surface area contributed by atoms with Gasteiger partial charge in [-0.15, -0.1) is 0 Å². The molecule has 1 aromatic rings. The Morgan fingerprint density at radius 3 is 2.73 bits per heavy atom. The number of phenols is 1. The maximum Gasteiger partial charge on any atom is 0.419 e. The van der Waals surface area contributed by atoms with Gasteiger partial charge in [-0.3, -0.25) is 14.5 Å². The number of amides is 2. The summed E-state index contributed by atoms with van der Waals surface area (Å²) in [5.41, 5.74) is 0.325. The summed E-state index contributed by atoms with van der Waals surface area (Å²) < 4.78 is 38.8. The smallest absolute Gasteiger partial charge is 0.419 e. The second kappa shape index (κ2) is 7.34. The number of allylic oxidation sites excluding steroid dienone is 1. The first kappa shape index (κ1) is 18.8. The van der Waals surface area contributed by atoms with Crippen LogP contribution in [0.3, 0.4) is 0 Å². The average molecular weight is 385 g/mol. The molecule has 1 saturated heterocycles. The monoisotopic (exact) mass is 385 g/mol. The van der Waals surface area contributed by atoms with Gasteiger partial charge < -0.3 is 5.11 Å². The second-order valence-electron chi connectivity index (χ2n) is 6.60. The highest BCUT2D eigenvalue weighted by molar-refractivity contribution is 8.14. The van der Waals surface area contributed by atoms with Crippen LogP contribution >= 0.6 is 11.8 Å². The van der Waals surface area contributed by atoms with Crippen LogP contribution in [0.2, 0.25) is 0 Å². The number of benzene rings is 1. The lowest BCUT2D eigenvalue weighted by Crippen LogP contribution is -2.34. The highest BCUT2D eigenvalue weighted by Gasteiger charge is 2.34. The first-order valence-electron chi connectivity index (χ1n) is 8.31. The summed E-state index contributed by atoms with van der Waals surface area (Å²) in [6, 6.07) is 3.44. The molecule has 140 valence electrons. The number of alkyl halides is 3. The maximum atomic E-state index is 12.9. The van der Waals surface area contributed by atoms with Gasteiger partial charge in [0.25, 0.3) is 5.24 Å². The highest BCUT2D eigenvalue weighted by Crippen LogP contribution is 2.37. The van der Waals surface area contributed by atoms with Crippen molar-refractivity contribution in [3.63, 3.8) is 0 Å². The minimum absolute atomic E-state index is 0.126. The lowest BCUT2D eigenvalue weighted by Gasteiger charge is -2.27. The van der Waals surface area contributed by atoms with E-state index in [2.05, 4.69) is 0 Å². The number of carbonyl (C=O) groups excluding carboxylic acids is 2. The zero-order valence-electron chi connectivity index (χ0n) is 13.9. The Labute approximate surface area is 153 Å². The molecule has 8 heteroatoms. The highest BCUT2D eigenvalue weighted by atomic mass is 32.2. The number of halogens is 3. The Balaban J connectivity index is 1.73. The Kier molecular flexibility index (Phi) is 5.32. The van der Waals surface area contributed by atoms with Crippen LogP contribution in [0.4, 0.5) is 18.0 Å². The minimum atomic E-state index is -4.61. The van der Waals surface area contributed by atoms with Gasteiger partial charge in [-0.05, 0) is 49.3 Å². The fourth-order valence-electron chi connectivity index (χ4n) is 3.40. The normalized spacial score (nSPS) is 23.1. The molecule has 4 nitrogen and oxygen atoms in total. The summed E-state index contributed by atoms with van der Waals surface area (Å²) in [4.78, 5) is 24.7. The Morgan fingerprint density at radius 1 is 1.31 bits per heavy atom. The van der Waals surface area contributed by atoms with Gasteiger partial charge in [0.2, 0.25) is 5.91 Å². The number of aromatic hydroxyl groups is 1. The number of nitrogens with zero attached hydrogens (tertiary/aromatic N) is 1. The summed E-state index contributed by atoms with van der Waals surface area (Å²) in [6.07, 6.45) is 0.261. The zero-order valence-corrected chi connectivity index (χ0v) is 14.7. The molecule has 1 N–H and O–H groups in total. The topological polar surface area (TPSA) is 57.6 Å². The molecule has 1 atom stereocenters. The van der Waals surface area contributed by atoms with E-state index in [-0.39, 0.29) is 22.8 Å². The third-order valence-electron chi connectivity index (χ3n) is 4.64.